The van der Waals surface area contributed by atoms with Crippen LogP contribution in [-0.2, 0) is 13.0 Å². The van der Waals surface area contributed by atoms with Crippen LogP contribution in [0.15, 0.2) is 42.9 Å². The first-order valence-electron chi connectivity index (χ1n) is 12.8. The molecule has 3 aromatic heterocycles. The number of thiazole rings is 1. The molecule has 2 aliphatic rings. The molecular formula is C26H30FN9OS. The van der Waals surface area contributed by atoms with Crippen LogP contribution < -0.4 is 20.3 Å². The molecule has 0 bridgehead atoms. The van der Waals surface area contributed by atoms with Crippen molar-refractivity contribution in [3.63, 3.8) is 0 Å². The van der Waals surface area contributed by atoms with E-state index in [0.29, 0.717) is 17.6 Å². The molecule has 0 radical (unpaired) electrons. The number of hydrogen-bond acceptors (Lipinski definition) is 10. The van der Waals surface area contributed by atoms with Gasteiger partial charge in [0.25, 0.3) is 0 Å². The van der Waals surface area contributed by atoms with E-state index in [2.05, 4.69) is 48.7 Å². The van der Waals surface area contributed by atoms with Gasteiger partial charge in [0.2, 0.25) is 5.95 Å². The minimum Gasteiger partial charge on any atom is -0.497 e. The van der Waals surface area contributed by atoms with Gasteiger partial charge in [-0.15, -0.1) is 11.3 Å². The first-order valence-corrected chi connectivity index (χ1v) is 13.6. The zero-order valence-electron chi connectivity index (χ0n) is 21.2. The number of aromatic nitrogens is 5. The van der Waals surface area contributed by atoms with Crippen LogP contribution in [0.2, 0.25) is 0 Å². The summed E-state index contributed by atoms with van der Waals surface area (Å²) >= 11 is 1.58. The Hall–Kier alpha value is -3.61. The molecular weight excluding hydrogens is 505 g/mol. The molecule has 0 unspecified atom stereocenters. The minimum atomic E-state index is -0.472. The van der Waals surface area contributed by atoms with Crippen molar-refractivity contribution in [2.45, 2.75) is 13.0 Å². The number of methoxy groups -OCH3 is 1. The van der Waals surface area contributed by atoms with Gasteiger partial charge in [0.1, 0.15) is 5.75 Å². The van der Waals surface area contributed by atoms with Crippen molar-refractivity contribution < 1.29 is 9.13 Å². The number of nitrogens with one attached hydrogen (secondary N) is 2. The Kier molecular flexibility index (Phi) is 7.16. The lowest BCUT2D eigenvalue weighted by Crippen LogP contribution is -2.46. The number of anilines is 3. The maximum absolute atomic E-state index is 13.2. The van der Waals surface area contributed by atoms with E-state index in [1.807, 2.05) is 16.8 Å². The number of ether oxygens (including phenoxy) is 1. The van der Waals surface area contributed by atoms with E-state index in [1.165, 1.54) is 4.88 Å². The highest BCUT2D eigenvalue weighted by Gasteiger charge is 2.27. The topological polar surface area (TPSA) is 96.3 Å². The van der Waals surface area contributed by atoms with E-state index >= 15 is 0 Å². The Morgan fingerprint density at radius 3 is 2.63 bits per heavy atom. The van der Waals surface area contributed by atoms with Crippen molar-refractivity contribution in [1.82, 2.24) is 34.9 Å². The van der Waals surface area contributed by atoms with Gasteiger partial charge in [0.15, 0.2) is 16.8 Å². The average molecular weight is 536 g/mol. The van der Waals surface area contributed by atoms with Crippen LogP contribution in [0.1, 0.15) is 10.4 Å². The summed E-state index contributed by atoms with van der Waals surface area (Å²) in [6.07, 6.45) is 5.26. The minimum absolute atomic E-state index is 0.323. The van der Waals surface area contributed by atoms with Crippen LogP contribution in [0.3, 0.4) is 0 Å². The second kappa shape index (κ2) is 11.0. The van der Waals surface area contributed by atoms with E-state index in [9.17, 15) is 4.39 Å². The highest BCUT2D eigenvalue weighted by atomic mass is 32.1. The molecule has 0 saturated carbocycles. The highest BCUT2D eigenvalue weighted by molar-refractivity contribution is 7.16. The zero-order valence-corrected chi connectivity index (χ0v) is 22.0. The molecule has 12 heteroatoms. The Balaban J connectivity index is 1.28. The van der Waals surface area contributed by atoms with Gasteiger partial charge >= 0.3 is 0 Å². The maximum atomic E-state index is 13.2. The maximum Gasteiger partial charge on any atom is 0.229 e. The van der Waals surface area contributed by atoms with Crippen LogP contribution >= 0.6 is 11.3 Å². The molecule has 38 heavy (non-hydrogen) atoms. The molecule has 2 aliphatic heterocycles. The lowest BCUT2D eigenvalue weighted by atomic mass is 10.2. The summed E-state index contributed by atoms with van der Waals surface area (Å²) in [5, 5.41) is 12.3. The third kappa shape index (κ3) is 5.47. The number of hydrogen-bond donors (Lipinski definition) is 2. The fourth-order valence-corrected chi connectivity index (χ4v) is 5.78. The summed E-state index contributed by atoms with van der Waals surface area (Å²) in [4.78, 5) is 19.0. The van der Waals surface area contributed by atoms with Gasteiger partial charge in [-0.1, -0.05) is 12.1 Å². The van der Waals surface area contributed by atoms with Crippen LogP contribution in [-0.4, -0.2) is 82.6 Å². The summed E-state index contributed by atoms with van der Waals surface area (Å²) in [5.41, 5.74) is 3.10. The first kappa shape index (κ1) is 24.7. The zero-order chi connectivity index (χ0) is 25.9. The van der Waals surface area contributed by atoms with Crippen molar-refractivity contribution in [3.8, 4) is 17.0 Å². The highest BCUT2D eigenvalue weighted by Crippen LogP contribution is 2.39. The quantitative estimate of drug-likeness (QED) is 0.353. The summed E-state index contributed by atoms with van der Waals surface area (Å²) in [6.45, 7) is 7.65. The molecule has 198 valence electrons. The fraction of sp³-hybridized carbons (Fsp3) is 0.385. The van der Waals surface area contributed by atoms with Crippen molar-refractivity contribution in [2.24, 2.45) is 0 Å². The average Bonchev–Trinajstić information content (AvgIpc) is 3.52. The second-order valence-corrected chi connectivity index (χ2v) is 10.5. The third-order valence-electron chi connectivity index (χ3n) is 6.84. The molecule has 1 fully saturated rings. The molecule has 0 spiro atoms. The van der Waals surface area contributed by atoms with Gasteiger partial charge in [-0.25, -0.2) is 19.3 Å². The Morgan fingerprint density at radius 2 is 1.87 bits per heavy atom. The predicted octanol–water partition coefficient (Wildman–Crippen LogP) is 3.00. The van der Waals surface area contributed by atoms with E-state index in [-0.39, 0.29) is 0 Å². The van der Waals surface area contributed by atoms with Crippen LogP contribution in [0.5, 0.6) is 5.75 Å². The molecule has 0 amide bonds. The SMILES string of the molecule is COc1ccc(Cn2cc3c(n2)N(CCN2CCNCC2)CCc2sc(Nc4ncc(F)cn4)nc2-3)cc1. The van der Waals surface area contributed by atoms with Gasteiger partial charge < -0.3 is 20.3 Å². The van der Waals surface area contributed by atoms with Gasteiger partial charge in [0, 0.05) is 63.3 Å². The normalized spacial score (nSPS) is 15.6. The molecule has 0 aliphatic carbocycles. The van der Waals surface area contributed by atoms with Crippen molar-refractivity contribution in [3.05, 3.63) is 59.1 Å². The number of nitrogens with zero attached hydrogens (tertiary/aromatic N) is 7. The van der Waals surface area contributed by atoms with E-state index < -0.39 is 5.82 Å². The molecule has 10 nitrogen and oxygen atoms in total. The van der Waals surface area contributed by atoms with E-state index in [0.717, 1.165) is 93.0 Å². The molecule has 5 heterocycles. The van der Waals surface area contributed by atoms with E-state index in [4.69, 9.17) is 14.8 Å². The number of piperazine rings is 1. The third-order valence-corrected chi connectivity index (χ3v) is 7.87. The molecule has 4 aromatic rings. The second-order valence-electron chi connectivity index (χ2n) is 9.38. The molecule has 2 N–H and O–H groups in total. The van der Waals surface area contributed by atoms with Crippen LogP contribution in [0.25, 0.3) is 11.3 Å². The fourth-order valence-electron chi connectivity index (χ4n) is 4.83. The molecule has 0 atom stereocenters. The van der Waals surface area contributed by atoms with Gasteiger partial charge in [-0.3, -0.25) is 9.58 Å². The van der Waals surface area contributed by atoms with Crippen LogP contribution in [0, 0.1) is 5.82 Å². The summed E-state index contributed by atoms with van der Waals surface area (Å²) in [6, 6.07) is 8.06. The Labute approximate surface area is 224 Å². The largest absolute Gasteiger partial charge is 0.497 e. The van der Waals surface area contributed by atoms with Crippen LogP contribution in [0.4, 0.5) is 21.3 Å². The summed E-state index contributed by atoms with van der Waals surface area (Å²) in [7, 11) is 1.67. The number of rotatable bonds is 8. The Bertz CT molecular complexity index is 1370. The van der Waals surface area contributed by atoms with E-state index in [1.54, 1.807) is 18.4 Å². The van der Waals surface area contributed by atoms with Gasteiger partial charge in [-0.05, 0) is 17.7 Å². The lowest BCUT2D eigenvalue weighted by molar-refractivity contribution is 0.245. The summed E-state index contributed by atoms with van der Waals surface area (Å²) in [5.74, 6) is 1.65. The number of fused-ring (bicyclic) bond motifs is 3. The van der Waals surface area contributed by atoms with Crippen molar-refractivity contribution >= 4 is 28.2 Å². The van der Waals surface area contributed by atoms with Gasteiger partial charge in [0.05, 0.1) is 37.3 Å². The standard InChI is InChI=1S/C26H30FN9OS/c1-37-20-4-2-18(3-5-20)16-36-17-21-23-22(38-26(31-23)32-25-29-14-19(27)15-30-25)6-9-35(24(21)33-36)13-12-34-10-7-28-8-11-34/h2-5,14-15,17,28H,6-13,16H2,1H3,(H,29,30,31,32). The van der Waals surface area contributed by atoms with Crippen molar-refractivity contribution in [2.75, 3.05) is 63.1 Å². The predicted molar refractivity (Wildman–Crippen MR) is 146 cm³/mol. The molecule has 1 saturated heterocycles. The summed E-state index contributed by atoms with van der Waals surface area (Å²) < 4.78 is 20.5. The molecule has 1 aromatic carbocycles. The first-order chi connectivity index (χ1) is 18.6. The van der Waals surface area contributed by atoms with Gasteiger partial charge in [-0.2, -0.15) is 5.10 Å². The number of benzene rings is 1. The monoisotopic (exact) mass is 535 g/mol. The lowest BCUT2D eigenvalue weighted by Gasteiger charge is -2.30. The number of halogens is 1. The molecule has 6 rings (SSSR count). The van der Waals surface area contributed by atoms with Crippen molar-refractivity contribution in [1.29, 1.82) is 0 Å². The Morgan fingerprint density at radius 1 is 1.08 bits per heavy atom. The smallest absolute Gasteiger partial charge is 0.229 e.